The van der Waals surface area contributed by atoms with Crippen molar-refractivity contribution in [3.63, 3.8) is 0 Å². The van der Waals surface area contributed by atoms with Gasteiger partial charge in [-0.2, -0.15) is 28.7 Å². The van der Waals surface area contributed by atoms with Crippen molar-refractivity contribution in [2.75, 3.05) is 24.1 Å². The van der Waals surface area contributed by atoms with Crippen LogP contribution in [-0.2, 0) is 0 Å². The molecule has 0 atom stereocenters. The van der Waals surface area contributed by atoms with Crippen LogP contribution in [0.1, 0.15) is 13.8 Å². The summed E-state index contributed by atoms with van der Waals surface area (Å²) >= 11 is 0. The number of nitrogens with zero attached hydrogens (tertiary/aromatic N) is 4. The van der Waals surface area contributed by atoms with Crippen molar-refractivity contribution in [1.29, 1.82) is 0 Å². The molecule has 0 fully saturated rings. The quantitative estimate of drug-likeness (QED) is 0.590. The number of anilines is 2. The third kappa shape index (κ3) is 4.36. The van der Waals surface area contributed by atoms with E-state index in [1.54, 1.807) is 13.8 Å². The molecule has 2 aromatic rings. The summed E-state index contributed by atoms with van der Waals surface area (Å²) in [5.41, 5.74) is 5.13. The number of hydrazine groups is 1. The molecule has 0 bridgehead atoms. The zero-order chi connectivity index (χ0) is 15.9. The molecule has 22 heavy (non-hydrogen) atoms. The number of nitrogens with one attached hydrogen (secondary N) is 2. The Morgan fingerprint density at radius 1 is 0.818 bits per heavy atom. The lowest BCUT2D eigenvalue weighted by Gasteiger charge is -2.10. The van der Waals surface area contributed by atoms with E-state index in [1.165, 1.54) is 0 Å². The lowest BCUT2D eigenvalue weighted by molar-refractivity contribution is 0.306. The Kier molecular flexibility index (Phi) is 5.17. The van der Waals surface area contributed by atoms with Crippen molar-refractivity contribution in [2.24, 2.45) is 0 Å². The van der Waals surface area contributed by atoms with Gasteiger partial charge in [-0.15, -0.1) is 0 Å². The van der Waals surface area contributed by atoms with Gasteiger partial charge in [0.25, 0.3) is 0 Å². The van der Waals surface area contributed by atoms with E-state index < -0.39 is 11.9 Å². The molecule has 0 radical (unpaired) electrons. The van der Waals surface area contributed by atoms with Crippen molar-refractivity contribution in [2.45, 2.75) is 13.8 Å². The molecule has 2 aromatic heterocycles. The van der Waals surface area contributed by atoms with Gasteiger partial charge in [-0.3, -0.25) is 10.9 Å². The van der Waals surface area contributed by atoms with Crippen molar-refractivity contribution in [3.05, 3.63) is 24.0 Å². The predicted molar refractivity (Wildman–Crippen MR) is 73.6 cm³/mol. The minimum absolute atomic E-state index is 0.0907. The molecule has 0 aliphatic carbocycles. The number of hydrogen-bond acceptors (Lipinski definition) is 8. The molecule has 0 aromatic carbocycles. The Hall–Kier alpha value is -2.78. The molecule has 0 spiro atoms. The molecular weight excluding hydrogens is 298 g/mol. The Bertz CT molecular complexity index is 588. The Labute approximate surface area is 124 Å². The fraction of sp³-hybridized carbons (Fsp3) is 0.333. The summed E-state index contributed by atoms with van der Waals surface area (Å²) < 4.78 is 36.6. The zero-order valence-corrected chi connectivity index (χ0v) is 11.9. The van der Waals surface area contributed by atoms with Crippen molar-refractivity contribution in [1.82, 2.24) is 19.9 Å². The van der Waals surface area contributed by atoms with Gasteiger partial charge in [-0.05, 0) is 13.8 Å². The molecule has 2 heterocycles. The lowest BCUT2D eigenvalue weighted by atomic mass is 10.5. The van der Waals surface area contributed by atoms with Crippen LogP contribution >= 0.6 is 0 Å². The second kappa shape index (κ2) is 7.29. The van der Waals surface area contributed by atoms with E-state index in [9.17, 15) is 8.78 Å². The van der Waals surface area contributed by atoms with E-state index in [0.717, 1.165) is 12.1 Å². The molecule has 0 aliphatic rings. The van der Waals surface area contributed by atoms with E-state index in [1.807, 2.05) is 0 Å². The molecule has 2 N–H and O–H groups in total. The van der Waals surface area contributed by atoms with Crippen LogP contribution in [0.25, 0.3) is 0 Å². The third-order valence-electron chi connectivity index (χ3n) is 2.21. The summed E-state index contributed by atoms with van der Waals surface area (Å²) in [6, 6.07) is 1.85. The maximum Gasteiger partial charge on any atom is 0.321 e. The highest BCUT2D eigenvalue weighted by Gasteiger charge is 2.07. The second-order valence-electron chi connectivity index (χ2n) is 3.83. The topological polar surface area (TPSA) is 94.1 Å². The maximum atomic E-state index is 13.3. The Balaban J connectivity index is 2.09. The minimum atomic E-state index is -0.772. The average molecular weight is 312 g/mol. The molecule has 0 unspecified atom stereocenters. The number of aromatic nitrogens is 4. The van der Waals surface area contributed by atoms with Crippen molar-refractivity contribution < 1.29 is 18.3 Å². The fourth-order valence-electron chi connectivity index (χ4n) is 1.44. The number of halogens is 2. The standard InChI is InChI=1S/C12H14F2N6O2/c1-3-21-11-15-7(13)5-9(17-11)19-20-10-6-8(14)16-12(18-10)22-4-2/h5-6H,3-4H2,1-2H3,(H,15,17,19)(H,16,18,20). The number of hydrogen-bond donors (Lipinski definition) is 2. The van der Waals surface area contributed by atoms with Crippen molar-refractivity contribution in [3.8, 4) is 12.0 Å². The van der Waals surface area contributed by atoms with Crippen LogP contribution in [0.3, 0.4) is 0 Å². The van der Waals surface area contributed by atoms with Gasteiger partial charge in [0.05, 0.1) is 13.2 Å². The summed E-state index contributed by atoms with van der Waals surface area (Å²) in [6.45, 7) is 4.04. The first kappa shape index (κ1) is 15.6. The summed E-state index contributed by atoms with van der Waals surface area (Å²) in [4.78, 5) is 14.7. The smallest absolute Gasteiger partial charge is 0.321 e. The maximum absolute atomic E-state index is 13.3. The minimum Gasteiger partial charge on any atom is -0.464 e. The monoisotopic (exact) mass is 312 g/mol. The predicted octanol–water partition coefficient (Wildman–Crippen LogP) is 1.78. The first-order valence-corrected chi connectivity index (χ1v) is 6.47. The second-order valence-corrected chi connectivity index (χ2v) is 3.83. The number of ether oxygens (including phenoxy) is 2. The van der Waals surface area contributed by atoms with Crippen molar-refractivity contribution >= 4 is 11.6 Å². The van der Waals surface area contributed by atoms with Crippen LogP contribution in [0.5, 0.6) is 12.0 Å². The van der Waals surface area contributed by atoms with Gasteiger partial charge in [0.2, 0.25) is 11.9 Å². The molecule has 8 nitrogen and oxygen atoms in total. The first-order valence-electron chi connectivity index (χ1n) is 6.47. The lowest BCUT2D eigenvalue weighted by Crippen LogP contribution is -2.14. The van der Waals surface area contributed by atoms with Gasteiger partial charge < -0.3 is 9.47 Å². The highest BCUT2D eigenvalue weighted by atomic mass is 19.1. The van der Waals surface area contributed by atoms with Gasteiger partial charge in [0.15, 0.2) is 11.6 Å². The van der Waals surface area contributed by atoms with Crippen LogP contribution in [0, 0.1) is 11.9 Å². The highest BCUT2D eigenvalue weighted by Crippen LogP contribution is 2.14. The SMILES string of the molecule is CCOc1nc(F)cc(NNc2cc(F)nc(OCC)n2)n1. The van der Waals surface area contributed by atoms with E-state index in [-0.39, 0.29) is 23.7 Å². The molecule has 10 heteroatoms. The highest BCUT2D eigenvalue weighted by molar-refractivity contribution is 5.44. The Morgan fingerprint density at radius 2 is 1.23 bits per heavy atom. The van der Waals surface area contributed by atoms with E-state index in [2.05, 4.69) is 30.8 Å². The summed E-state index contributed by atoms with van der Waals surface area (Å²) in [6.07, 6.45) is 0. The molecule has 0 saturated heterocycles. The van der Waals surface area contributed by atoms with Crippen LogP contribution in [0.15, 0.2) is 12.1 Å². The summed E-state index contributed by atoms with van der Waals surface area (Å²) in [7, 11) is 0. The molecule has 0 aliphatic heterocycles. The van der Waals surface area contributed by atoms with Crippen LogP contribution in [0.2, 0.25) is 0 Å². The van der Waals surface area contributed by atoms with Gasteiger partial charge in [-0.25, -0.2) is 0 Å². The normalized spacial score (nSPS) is 10.2. The molecular formula is C12H14F2N6O2. The van der Waals surface area contributed by atoms with Gasteiger partial charge >= 0.3 is 12.0 Å². The van der Waals surface area contributed by atoms with Gasteiger partial charge in [0, 0.05) is 12.1 Å². The van der Waals surface area contributed by atoms with Crippen LogP contribution in [0.4, 0.5) is 20.4 Å². The van der Waals surface area contributed by atoms with Gasteiger partial charge in [-0.1, -0.05) is 0 Å². The van der Waals surface area contributed by atoms with Crippen LogP contribution in [-0.4, -0.2) is 33.1 Å². The largest absolute Gasteiger partial charge is 0.464 e. The average Bonchev–Trinajstić information content (AvgIpc) is 2.45. The molecule has 0 saturated carbocycles. The van der Waals surface area contributed by atoms with Gasteiger partial charge in [0.1, 0.15) is 0 Å². The summed E-state index contributed by atoms with van der Waals surface area (Å²) in [5, 5.41) is 0. The Morgan fingerprint density at radius 3 is 1.59 bits per heavy atom. The molecule has 2 rings (SSSR count). The van der Waals surface area contributed by atoms with Crippen LogP contribution < -0.4 is 20.3 Å². The first-order chi connectivity index (χ1) is 10.6. The number of rotatable bonds is 7. The van der Waals surface area contributed by atoms with E-state index in [0.29, 0.717) is 13.2 Å². The molecule has 0 amide bonds. The van der Waals surface area contributed by atoms with E-state index >= 15 is 0 Å². The van der Waals surface area contributed by atoms with E-state index in [4.69, 9.17) is 9.47 Å². The molecule has 118 valence electrons. The fourth-order valence-corrected chi connectivity index (χ4v) is 1.44. The third-order valence-corrected chi connectivity index (χ3v) is 2.21. The zero-order valence-electron chi connectivity index (χ0n) is 11.9. The summed E-state index contributed by atoms with van der Waals surface area (Å²) in [5.74, 6) is -1.36.